The van der Waals surface area contributed by atoms with Crippen LogP contribution in [0.15, 0.2) is 48.8 Å². The highest BCUT2D eigenvalue weighted by Crippen LogP contribution is 2.25. The van der Waals surface area contributed by atoms with Gasteiger partial charge in [-0.1, -0.05) is 18.2 Å². The number of aromatic nitrogens is 2. The van der Waals surface area contributed by atoms with Gasteiger partial charge in [-0.2, -0.15) is 0 Å². The highest BCUT2D eigenvalue weighted by Gasteiger charge is 2.24. The van der Waals surface area contributed by atoms with E-state index in [-0.39, 0.29) is 17.8 Å². The molecule has 0 radical (unpaired) electrons. The van der Waals surface area contributed by atoms with Gasteiger partial charge in [0.2, 0.25) is 0 Å². The second kappa shape index (κ2) is 7.48. The number of hydrogen-bond donors (Lipinski definition) is 1. The molecule has 0 bridgehead atoms. The van der Waals surface area contributed by atoms with E-state index in [1.165, 1.54) is 12.1 Å². The summed E-state index contributed by atoms with van der Waals surface area (Å²) in [6.45, 7) is 4.46. The number of pyridine rings is 1. The smallest absolute Gasteiger partial charge is 0.271 e. The Morgan fingerprint density at radius 1 is 1.15 bits per heavy atom. The predicted molar refractivity (Wildman–Crippen MR) is 102 cm³/mol. The lowest BCUT2D eigenvalue weighted by atomic mass is 10.1. The molecule has 6 heteroatoms. The number of carbonyl (C=O) groups is 1. The zero-order valence-corrected chi connectivity index (χ0v) is 15.4. The second-order valence-electron chi connectivity index (χ2n) is 7.12. The molecule has 3 aromatic rings. The molecule has 5 nitrogen and oxygen atoms in total. The van der Waals surface area contributed by atoms with Gasteiger partial charge in [-0.15, -0.1) is 0 Å². The SMILES string of the molecule is Cc1ccc2nc(C(=O)NC[C@H](c3ccc(F)cc3)N3CCCC3)cn2c1. The molecule has 1 saturated heterocycles. The van der Waals surface area contributed by atoms with Crippen LogP contribution in [-0.2, 0) is 0 Å². The molecule has 1 aliphatic heterocycles. The normalized spacial score (nSPS) is 15.9. The van der Waals surface area contributed by atoms with Crippen LogP contribution in [0.4, 0.5) is 4.39 Å². The van der Waals surface area contributed by atoms with Crippen molar-refractivity contribution in [2.45, 2.75) is 25.8 Å². The molecule has 1 fully saturated rings. The largest absolute Gasteiger partial charge is 0.349 e. The van der Waals surface area contributed by atoms with Gasteiger partial charge in [0.05, 0.1) is 6.04 Å². The average Bonchev–Trinajstić information content (AvgIpc) is 3.32. The maximum absolute atomic E-state index is 13.3. The minimum Gasteiger partial charge on any atom is -0.349 e. The molecular weight excluding hydrogens is 343 g/mol. The number of likely N-dealkylation sites (tertiary alicyclic amines) is 1. The van der Waals surface area contributed by atoms with E-state index >= 15 is 0 Å². The van der Waals surface area contributed by atoms with Gasteiger partial charge in [0, 0.05) is 18.9 Å². The number of fused-ring (bicyclic) bond motifs is 1. The molecule has 0 spiro atoms. The van der Waals surface area contributed by atoms with Crippen molar-refractivity contribution in [3.63, 3.8) is 0 Å². The van der Waals surface area contributed by atoms with Crippen molar-refractivity contribution in [2.24, 2.45) is 0 Å². The van der Waals surface area contributed by atoms with E-state index in [2.05, 4.69) is 15.2 Å². The zero-order valence-electron chi connectivity index (χ0n) is 15.4. The standard InChI is InChI=1S/C21H23FN4O/c1-15-4-9-20-24-18(14-26(20)13-15)21(27)23-12-19(25-10-2-3-11-25)16-5-7-17(22)8-6-16/h4-9,13-14,19H,2-3,10-12H2,1H3,(H,23,27)/t19-/m1/s1. The number of imidazole rings is 1. The van der Waals surface area contributed by atoms with E-state index in [1.54, 1.807) is 18.3 Å². The molecule has 2 aromatic heterocycles. The summed E-state index contributed by atoms with van der Waals surface area (Å²) >= 11 is 0. The third-order valence-corrected chi connectivity index (χ3v) is 5.12. The number of hydrogen-bond acceptors (Lipinski definition) is 3. The van der Waals surface area contributed by atoms with Crippen molar-refractivity contribution in [3.8, 4) is 0 Å². The van der Waals surface area contributed by atoms with Crippen molar-refractivity contribution in [1.82, 2.24) is 19.6 Å². The van der Waals surface area contributed by atoms with Crippen LogP contribution >= 0.6 is 0 Å². The Morgan fingerprint density at radius 2 is 1.89 bits per heavy atom. The highest BCUT2D eigenvalue weighted by atomic mass is 19.1. The fraction of sp³-hybridized carbons (Fsp3) is 0.333. The molecule has 27 heavy (non-hydrogen) atoms. The first-order valence-electron chi connectivity index (χ1n) is 9.33. The van der Waals surface area contributed by atoms with Crippen molar-refractivity contribution in [2.75, 3.05) is 19.6 Å². The van der Waals surface area contributed by atoms with Gasteiger partial charge in [-0.05, 0) is 62.2 Å². The highest BCUT2D eigenvalue weighted by molar-refractivity contribution is 5.92. The first-order valence-corrected chi connectivity index (χ1v) is 9.33. The van der Waals surface area contributed by atoms with Crippen molar-refractivity contribution >= 4 is 11.6 Å². The summed E-state index contributed by atoms with van der Waals surface area (Å²) in [6.07, 6.45) is 6.00. The Kier molecular flexibility index (Phi) is 4.90. The molecular formula is C21H23FN4O. The predicted octanol–water partition coefficient (Wildman–Crippen LogP) is 3.35. The van der Waals surface area contributed by atoms with Gasteiger partial charge in [0.1, 0.15) is 17.2 Å². The zero-order chi connectivity index (χ0) is 18.8. The number of amides is 1. The number of nitrogens with one attached hydrogen (secondary N) is 1. The van der Waals surface area contributed by atoms with E-state index in [1.807, 2.05) is 29.7 Å². The first kappa shape index (κ1) is 17.7. The topological polar surface area (TPSA) is 49.6 Å². The van der Waals surface area contributed by atoms with Crippen molar-refractivity contribution in [1.29, 1.82) is 0 Å². The number of nitrogens with zero attached hydrogens (tertiary/aromatic N) is 3. The molecule has 0 unspecified atom stereocenters. The molecule has 1 amide bonds. The molecule has 140 valence electrons. The van der Waals surface area contributed by atoms with Gasteiger partial charge in [0.15, 0.2) is 0 Å². The monoisotopic (exact) mass is 366 g/mol. The number of halogens is 1. The lowest BCUT2D eigenvalue weighted by Gasteiger charge is -2.28. The van der Waals surface area contributed by atoms with E-state index in [4.69, 9.17) is 0 Å². The summed E-state index contributed by atoms with van der Waals surface area (Å²) in [4.78, 5) is 19.4. The Morgan fingerprint density at radius 3 is 2.63 bits per heavy atom. The molecule has 0 saturated carbocycles. The molecule has 4 rings (SSSR count). The lowest BCUT2D eigenvalue weighted by molar-refractivity contribution is 0.0933. The van der Waals surface area contributed by atoms with Crippen LogP contribution < -0.4 is 5.32 Å². The van der Waals surface area contributed by atoms with Gasteiger partial charge < -0.3 is 9.72 Å². The maximum Gasteiger partial charge on any atom is 0.271 e. The van der Waals surface area contributed by atoms with Crippen LogP contribution in [0.5, 0.6) is 0 Å². The van der Waals surface area contributed by atoms with E-state index in [0.29, 0.717) is 12.2 Å². The molecule has 1 atom stereocenters. The summed E-state index contributed by atoms with van der Waals surface area (Å²) in [7, 11) is 0. The van der Waals surface area contributed by atoms with E-state index < -0.39 is 0 Å². The van der Waals surface area contributed by atoms with Gasteiger partial charge >= 0.3 is 0 Å². The number of aryl methyl sites for hydroxylation is 1. The minimum atomic E-state index is -0.247. The molecule has 3 heterocycles. The van der Waals surface area contributed by atoms with Crippen molar-refractivity contribution < 1.29 is 9.18 Å². The second-order valence-corrected chi connectivity index (χ2v) is 7.12. The summed E-state index contributed by atoms with van der Waals surface area (Å²) < 4.78 is 15.2. The summed E-state index contributed by atoms with van der Waals surface area (Å²) in [5.74, 6) is -0.439. The molecule has 1 N–H and O–H groups in total. The van der Waals surface area contributed by atoms with Crippen molar-refractivity contribution in [3.05, 3.63) is 71.4 Å². The van der Waals surface area contributed by atoms with Crippen LogP contribution in [0.2, 0.25) is 0 Å². The molecule has 1 aliphatic rings. The Bertz CT molecular complexity index is 944. The summed E-state index contributed by atoms with van der Waals surface area (Å²) in [5, 5.41) is 3.01. The molecule has 1 aromatic carbocycles. The van der Waals surface area contributed by atoms with Crippen LogP contribution in [0.1, 0.15) is 40.5 Å². The lowest BCUT2D eigenvalue weighted by Crippen LogP contribution is -2.36. The maximum atomic E-state index is 13.3. The van der Waals surface area contributed by atoms with Gasteiger partial charge in [-0.25, -0.2) is 9.37 Å². The number of carbonyl (C=O) groups excluding carboxylic acids is 1. The fourth-order valence-electron chi connectivity index (χ4n) is 3.69. The summed E-state index contributed by atoms with van der Waals surface area (Å²) in [5.41, 5.74) is 3.28. The minimum absolute atomic E-state index is 0.0383. The summed E-state index contributed by atoms with van der Waals surface area (Å²) in [6, 6.07) is 10.5. The third kappa shape index (κ3) is 3.85. The van der Waals surface area contributed by atoms with Gasteiger partial charge in [-0.3, -0.25) is 9.69 Å². The van der Waals surface area contributed by atoms with Crippen LogP contribution in [0, 0.1) is 12.7 Å². The molecule has 0 aliphatic carbocycles. The average molecular weight is 366 g/mol. The Balaban J connectivity index is 1.50. The number of rotatable bonds is 5. The van der Waals surface area contributed by atoms with Gasteiger partial charge in [0.25, 0.3) is 5.91 Å². The van der Waals surface area contributed by atoms with E-state index in [0.717, 1.165) is 42.7 Å². The quantitative estimate of drug-likeness (QED) is 0.753. The third-order valence-electron chi connectivity index (χ3n) is 5.12. The van der Waals surface area contributed by atoms with Crippen LogP contribution in [0.3, 0.4) is 0 Å². The number of benzene rings is 1. The van der Waals surface area contributed by atoms with Crippen LogP contribution in [0.25, 0.3) is 5.65 Å². The van der Waals surface area contributed by atoms with E-state index in [9.17, 15) is 9.18 Å². The fourth-order valence-corrected chi connectivity index (χ4v) is 3.69. The Labute approximate surface area is 157 Å². The first-order chi connectivity index (χ1) is 13.1. The Hall–Kier alpha value is -2.73. The van der Waals surface area contributed by atoms with Crippen LogP contribution in [-0.4, -0.2) is 39.8 Å².